The van der Waals surface area contributed by atoms with Gasteiger partial charge in [-0.15, -0.1) is 0 Å². The minimum atomic E-state index is -0.526. The quantitative estimate of drug-likeness (QED) is 0.894. The summed E-state index contributed by atoms with van der Waals surface area (Å²) in [5.41, 5.74) is 0.896. The number of hydrogen-bond acceptors (Lipinski definition) is 3. The number of piperidine rings is 1. The van der Waals surface area contributed by atoms with Crippen LogP contribution in [0, 0.1) is 0 Å². The molecule has 1 saturated heterocycles. The molecular weight excluding hydrogens is 286 g/mol. The van der Waals surface area contributed by atoms with Crippen molar-refractivity contribution < 1.29 is 4.79 Å². The highest BCUT2D eigenvalue weighted by Crippen LogP contribution is 2.28. The zero-order chi connectivity index (χ0) is 14.9. The summed E-state index contributed by atoms with van der Waals surface area (Å²) in [7, 11) is 0. The fourth-order valence-electron chi connectivity index (χ4n) is 2.76. The summed E-state index contributed by atoms with van der Waals surface area (Å²) in [4.78, 5) is 16.9. The van der Waals surface area contributed by atoms with Crippen LogP contribution in [0.25, 0.3) is 10.9 Å². The summed E-state index contributed by atoms with van der Waals surface area (Å²) in [6, 6.07) is 7.39. The lowest BCUT2D eigenvalue weighted by atomic mass is 9.90. The summed E-state index contributed by atoms with van der Waals surface area (Å²) >= 11 is 6.13. The van der Waals surface area contributed by atoms with Crippen molar-refractivity contribution in [3.8, 4) is 0 Å². The molecular formula is C16H18ClN3O. The molecule has 0 spiro atoms. The molecule has 0 saturated carbocycles. The van der Waals surface area contributed by atoms with Crippen molar-refractivity contribution in [2.45, 2.75) is 31.7 Å². The standard InChI is InChI=1S/C16H18ClN3O/c1-16(6-2-3-8-19-16)15(21)20-13-10-12(17)9-11-5-4-7-18-14(11)13/h4-5,7,9-10,19H,2-3,6,8H2,1H3,(H,20,21). The summed E-state index contributed by atoms with van der Waals surface area (Å²) < 4.78 is 0. The van der Waals surface area contributed by atoms with E-state index in [1.807, 2.05) is 25.1 Å². The molecule has 1 aliphatic heterocycles. The Morgan fingerprint density at radius 2 is 2.29 bits per heavy atom. The van der Waals surface area contributed by atoms with Crippen LogP contribution < -0.4 is 10.6 Å². The van der Waals surface area contributed by atoms with Gasteiger partial charge in [0.25, 0.3) is 0 Å². The lowest BCUT2D eigenvalue weighted by Gasteiger charge is -2.33. The number of halogens is 1. The lowest BCUT2D eigenvalue weighted by molar-refractivity contribution is -0.122. The number of pyridine rings is 1. The SMILES string of the molecule is CC1(C(=O)Nc2cc(Cl)cc3cccnc23)CCCCN1. The van der Waals surface area contributed by atoms with Crippen molar-refractivity contribution in [1.82, 2.24) is 10.3 Å². The van der Waals surface area contributed by atoms with Crippen LogP contribution in [0.3, 0.4) is 0 Å². The summed E-state index contributed by atoms with van der Waals surface area (Å²) in [5.74, 6) is -0.0311. The van der Waals surface area contributed by atoms with Crippen LogP contribution in [0.2, 0.25) is 5.02 Å². The van der Waals surface area contributed by atoms with E-state index in [1.165, 1.54) is 0 Å². The zero-order valence-corrected chi connectivity index (χ0v) is 12.7. The van der Waals surface area contributed by atoms with Gasteiger partial charge in [0.15, 0.2) is 0 Å². The second kappa shape index (κ2) is 5.62. The van der Waals surface area contributed by atoms with Gasteiger partial charge in [0.2, 0.25) is 5.91 Å². The highest BCUT2D eigenvalue weighted by atomic mass is 35.5. The Morgan fingerprint density at radius 3 is 3.05 bits per heavy atom. The third-order valence-electron chi connectivity index (χ3n) is 4.04. The smallest absolute Gasteiger partial charge is 0.244 e. The van der Waals surface area contributed by atoms with Crippen molar-refractivity contribution in [1.29, 1.82) is 0 Å². The number of aromatic nitrogens is 1. The van der Waals surface area contributed by atoms with Gasteiger partial charge in [0.05, 0.1) is 16.7 Å². The fourth-order valence-corrected chi connectivity index (χ4v) is 2.99. The molecule has 1 aromatic carbocycles. The van der Waals surface area contributed by atoms with Crippen LogP contribution in [0.15, 0.2) is 30.5 Å². The normalized spacial score (nSPS) is 22.2. The van der Waals surface area contributed by atoms with E-state index < -0.39 is 5.54 Å². The van der Waals surface area contributed by atoms with Gasteiger partial charge in [-0.2, -0.15) is 0 Å². The zero-order valence-electron chi connectivity index (χ0n) is 11.9. The molecule has 4 nitrogen and oxygen atoms in total. The second-order valence-electron chi connectivity index (χ2n) is 5.70. The van der Waals surface area contributed by atoms with E-state index in [0.717, 1.165) is 36.7 Å². The van der Waals surface area contributed by atoms with Gasteiger partial charge in [0, 0.05) is 16.6 Å². The van der Waals surface area contributed by atoms with E-state index >= 15 is 0 Å². The van der Waals surface area contributed by atoms with Crippen LogP contribution in [-0.4, -0.2) is 23.0 Å². The van der Waals surface area contributed by atoms with Crippen molar-refractivity contribution in [3.05, 3.63) is 35.5 Å². The first-order chi connectivity index (χ1) is 10.1. The molecule has 2 N–H and O–H groups in total. The first kappa shape index (κ1) is 14.3. The summed E-state index contributed by atoms with van der Waals surface area (Å²) in [5, 5.41) is 7.81. The Balaban J connectivity index is 1.92. The van der Waals surface area contributed by atoms with E-state index in [0.29, 0.717) is 10.7 Å². The van der Waals surface area contributed by atoms with Gasteiger partial charge in [-0.05, 0) is 50.9 Å². The predicted molar refractivity (Wildman–Crippen MR) is 85.6 cm³/mol. The molecule has 1 atom stereocenters. The molecule has 1 fully saturated rings. The van der Waals surface area contributed by atoms with E-state index in [-0.39, 0.29) is 5.91 Å². The molecule has 2 aromatic rings. The minimum Gasteiger partial charge on any atom is -0.323 e. The monoisotopic (exact) mass is 303 g/mol. The van der Waals surface area contributed by atoms with E-state index in [4.69, 9.17) is 11.6 Å². The van der Waals surface area contributed by atoms with Gasteiger partial charge in [-0.3, -0.25) is 9.78 Å². The van der Waals surface area contributed by atoms with Gasteiger partial charge < -0.3 is 10.6 Å². The summed E-state index contributed by atoms with van der Waals surface area (Å²) in [6.45, 7) is 2.82. The Morgan fingerprint density at radius 1 is 1.43 bits per heavy atom. The number of carbonyl (C=O) groups excluding carboxylic acids is 1. The molecule has 5 heteroatoms. The Kier molecular flexibility index (Phi) is 3.83. The average Bonchev–Trinajstić information content (AvgIpc) is 2.47. The van der Waals surface area contributed by atoms with Crippen LogP contribution >= 0.6 is 11.6 Å². The molecule has 2 heterocycles. The molecule has 1 unspecified atom stereocenters. The number of hydrogen-bond donors (Lipinski definition) is 2. The molecule has 1 aliphatic rings. The third kappa shape index (κ3) is 2.87. The van der Waals surface area contributed by atoms with E-state index in [2.05, 4.69) is 15.6 Å². The van der Waals surface area contributed by atoms with Crippen LogP contribution in [-0.2, 0) is 4.79 Å². The number of anilines is 1. The molecule has 21 heavy (non-hydrogen) atoms. The van der Waals surface area contributed by atoms with Crippen LogP contribution in [0.4, 0.5) is 5.69 Å². The number of nitrogens with zero attached hydrogens (tertiary/aromatic N) is 1. The summed E-state index contributed by atoms with van der Waals surface area (Å²) in [6.07, 6.45) is 4.73. The molecule has 0 radical (unpaired) electrons. The number of fused-ring (bicyclic) bond motifs is 1. The first-order valence-electron chi connectivity index (χ1n) is 7.19. The number of benzene rings is 1. The topological polar surface area (TPSA) is 54.0 Å². The molecule has 0 aliphatic carbocycles. The Labute approximate surface area is 128 Å². The maximum absolute atomic E-state index is 12.6. The number of carbonyl (C=O) groups is 1. The molecule has 1 amide bonds. The number of rotatable bonds is 2. The van der Waals surface area contributed by atoms with Gasteiger partial charge >= 0.3 is 0 Å². The minimum absolute atomic E-state index is 0.0311. The molecule has 3 rings (SSSR count). The predicted octanol–water partition coefficient (Wildman–Crippen LogP) is 3.36. The maximum atomic E-state index is 12.6. The average molecular weight is 304 g/mol. The van der Waals surface area contributed by atoms with Crippen molar-refractivity contribution in [3.63, 3.8) is 0 Å². The highest BCUT2D eigenvalue weighted by molar-refractivity contribution is 6.32. The molecule has 110 valence electrons. The highest BCUT2D eigenvalue weighted by Gasteiger charge is 2.34. The van der Waals surface area contributed by atoms with Crippen molar-refractivity contribution in [2.75, 3.05) is 11.9 Å². The maximum Gasteiger partial charge on any atom is 0.244 e. The van der Waals surface area contributed by atoms with Gasteiger partial charge in [-0.25, -0.2) is 0 Å². The van der Waals surface area contributed by atoms with Gasteiger partial charge in [-0.1, -0.05) is 17.7 Å². The molecule has 0 bridgehead atoms. The second-order valence-corrected chi connectivity index (χ2v) is 6.14. The van der Waals surface area contributed by atoms with Gasteiger partial charge in [0.1, 0.15) is 0 Å². The van der Waals surface area contributed by atoms with Crippen LogP contribution in [0.1, 0.15) is 26.2 Å². The van der Waals surface area contributed by atoms with E-state index in [1.54, 1.807) is 12.3 Å². The van der Waals surface area contributed by atoms with Crippen molar-refractivity contribution in [2.24, 2.45) is 0 Å². The Bertz CT molecular complexity index is 680. The number of amides is 1. The van der Waals surface area contributed by atoms with E-state index in [9.17, 15) is 4.79 Å². The molecule has 1 aromatic heterocycles. The lowest BCUT2D eigenvalue weighted by Crippen LogP contribution is -2.54. The number of nitrogens with one attached hydrogen (secondary N) is 2. The third-order valence-corrected chi connectivity index (χ3v) is 4.26. The first-order valence-corrected chi connectivity index (χ1v) is 7.57. The van der Waals surface area contributed by atoms with Crippen LogP contribution in [0.5, 0.6) is 0 Å². The Hall–Kier alpha value is -1.65. The fraction of sp³-hybridized carbons (Fsp3) is 0.375. The van der Waals surface area contributed by atoms with Crippen molar-refractivity contribution >= 4 is 34.1 Å². The largest absolute Gasteiger partial charge is 0.323 e.